The van der Waals surface area contributed by atoms with Gasteiger partial charge in [-0.1, -0.05) is 13.8 Å². The summed E-state index contributed by atoms with van der Waals surface area (Å²) in [6.45, 7) is 7.28. The molecule has 0 unspecified atom stereocenters. The van der Waals surface area contributed by atoms with Crippen molar-refractivity contribution < 1.29 is 22.6 Å². The molecule has 0 radical (unpaired) electrons. The monoisotopic (exact) mass is 450 g/mol. The average Bonchev–Trinajstić information content (AvgIpc) is 3.19. The molecule has 0 bridgehead atoms. The Morgan fingerprint density at radius 2 is 1.81 bits per heavy atom. The number of carbonyl (C=O) groups is 1. The first-order chi connectivity index (χ1) is 14.7. The number of carbonyl (C=O) groups excluding carboxylic acids is 1. The molecular formula is C20H26N4O6S. The van der Waals surface area contributed by atoms with Gasteiger partial charge in [0.15, 0.2) is 0 Å². The summed E-state index contributed by atoms with van der Waals surface area (Å²) in [5.74, 6) is 0.411. The molecule has 31 heavy (non-hydrogen) atoms. The Labute approximate surface area is 181 Å². The lowest BCUT2D eigenvalue weighted by molar-refractivity contribution is -0.384. The number of rotatable bonds is 7. The van der Waals surface area contributed by atoms with E-state index in [1.165, 1.54) is 22.7 Å². The molecule has 0 aliphatic carbocycles. The summed E-state index contributed by atoms with van der Waals surface area (Å²) in [5.41, 5.74) is 0.583. The zero-order valence-corrected chi connectivity index (χ0v) is 18.6. The molecule has 2 heterocycles. The first-order valence-electron chi connectivity index (χ1n) is 10.1. The number of nitrogens with zero attached hydrogens (tertiary/aromatic N) is 4. The number of furan rings is 1. The predicted octanol–water partition coefficient (Wildman–Crippen LogP) is 2.49. The van der Waals surface area contributed by atoms with Gasteiger partial charge in [-0.05, 0) is 25.1 Å². The van der Waals surface area contributed by atoms with Crippen LogP contribution in [0.3, 0.4) is 0 Å². The fourth-order valence-electron chi connectivity index (χ4n) is 3.72. The Hall–Kier alpha value is -2.92. The van der Waals surface area contributed by atoms with Gasteiger partial charge in [0.25, 0.3) is 11.6 Å². The maximum absolute atomic E-state index is 12.8. The molecule has 2 aromatic rings. The number of nitro groups is 1. The number of aryl methyl sites for hydroxylation is 1. The molecule has 0 spiro atoms. The SMILES string of the molecule is CCN(CC)S(=O)(=O)c1ccc(N2CCN(C(=O)c3ccoc3C)CC2)c([N+](=O)[O-])c1. The molecule has 10 nitrogen and oxygen atoms in total. The number of anilines is 1. The summed E-state index contributed by atoms with van der Waals surface area (Å²) in [7, 11) is -3.81. The minimum Gasteiger partial charge on any atom is -0.469 e. The van der Waals surface area contributed by atoms with Crippen LogP contribution in [0.5, 0.6) is 0 Å². The lowest BCUT2D eigenvalue weighted by Crippen LogP contribution is -2.49. The second kappa shape index (κ2) is 9.06. The van der Waals surface area contributed by atoms with Crippen LogP contribution >= 0.6 is 0 Å². The third kappa shape index (κ3) is 4.42. The molecule has 1 fully saturated rings. The van der Waals surface area contributed by atoms with Crippen LogP contribution < -0.4 is 4.90 Å². The van der Waals surface area contributed by atoms with E-state index in [9.17, 15) is 23.3 Å². The quantitative estimate of drug-likeness (QED) is 0.470. The van der Waals surface area contributed by atoms with E-state index in [-0.39, 0.29) is 29.6 Å². The summed E-state index contributed by atoms with van der Waals surface area (Å²) < 4.78 is 32.0. The second-order valence-corrected chi connectivity index (χ2v) is 9.10. The molecule has 1 aromatic heterocycles. The maximum atomic E-state index is 12.8. The first kappa shape index (κ1) is 22.8. The second-order valence-electron chi connectivity index (χ2n) is 7.17. The van der Waals surface area contributed by atoms with Crippen LogP contribution in [-0.2, 0) is 10.0 Å². The van der Waals surface area contributed by atoms with Crippen molar-refractivity contribution in [2.24, 2.45) is 0 Å². The van der Waals surface area contributed by atoms with E-state index in [1.54, 1.807) is 36.6 Å². The van der Waals surface area contributed by atoms with E-state index in [2.05, 4.69) is 0 Å². The fraction of sp³-hybridized carbons (Fsp3) is 0.450. The van der Waals surface area contributed by atoms with Crippen LogP contribution in [0.15, 0.2) is 39.8 Å². The average molecular weight is 451 g/mol. The van der Waals surface area contributed by atoms with Crippen molar-refractivity contribution >= 4 is 27.3 Å². The predicted molar refractivity (Wildman–Crippen MR) is 115 cm³/mol. The van der Waals surface area contributed by atoms with Gasteiger partial charge in [-0.25, -0.2) is 8.42 Å². The zero-order chi connectivity index (χ0) is 22.8. The van der Waals surface area contributed by atoms with Crippen molar-refractivity contribution in [3.63, 3.8) is 0 Å². The standard InChI is InChI=1S/C20H26N4O6S/c1-4-23(5-2)31(28,29)16-6-7-18(19(14-16)24(26)27)21-9-11-22(12-10-21)20(25)17-8-13-30-15(17)3/h6-8,13-14H,4-5,9-12H2,1-3H3. The molecule has 1 saturated heterocycles. The van der Waals surface area contributed by atoms with Crippen molar-refractivity contribution in [1.82, 2.24) is 9.21 Å². The highest BCUT2D eigenvalue weighted by atomic mass is 32.2. The van der Waals surface area contributed by atoms with Crippen LogP contribution in [0, 0.1) is 17.0 Å². The number of benzene rings is 1. The summed E-state index contributed by atoms with van der Waals surface area (Å²) >= 11 is 0. The minimum absolute atomic E-state index is 0.101. The van der Waals surface area contributed by atoms with Gasteiger partial charge in [0.2, 0.25) is 10.0 Å². The normalized spacial score (nSPS) is 14.8. The highest BCUT2D eigenvalue weighted by Gasteiger charge is 2.30. The minimum atomic E-state index is -3.81. The Balaban J connectivity index is 1.81. The number of nitro benzene ring substituents is 1. The molecule has 11 heteroatoms. The highest BCUT2D eigenvalue weighted by molar-refractivity contribution is 7.89. The van der Waals surface area contributed by atoms with Gasteiger partial charge in [0.05, 0.1) is 21.6 Å². The smallest absolute Gasteiger partial charge is 0.293 e. The largest absolute Gasteiger partial charge is 0.469 e. The van der Waals surface area contributed by atoms with Gasteiger partial charge >= 0.3 is 0 Å². The molecule has 0 atom stereocenters. The summed E-state index contributed by atoms with van der Waals surface area (Å²) in [5, 5.41) is 11.7. The first-order valence-corrected chi connectivity index (χ1v) is 11.5. The van der Waals surface area contributed by atoms with Crippen LogP contribution in [0.1, 0.15) is 30.0 Å². The van der Waals surface area contributed by atoms with Crippen molar-refractivity contribution in [2.45, 2.75) is 25.7 Å². The van der Waals surface area contributed by atoms with E-state index >= 15 is 0 Å². The Bertz CT molecular complexity index is 1070. The molecule has 168 valence electrons. The van der Waals surface area contributed by atoms with Gasteiger partial charge in [0.1, 0.15) is 11.4 Å². The molecule has 1 aromatic carbocycles. The van der Waals surface area contributed by atoms with E-state index in [1.807, 2.05) is 0 Å². The van der Waals surface area contributed by atoms with Crippen LogP contribution in [0.25, 0.3) is 0 Å². The van der Waals surface area contributed by atoms with Gasteiger partial charge in [-0.15, -0.1) is 0 Å². The lowest BCUT2D eigenvalue weighted by Gasteiger charge is -2.35. The molecule has 3 rings (SSSR count). The van der Waals surface area contributed by atoms with Crippen LogP contribution in [-0.4, -0.2) is 67.7 Å². The summed E-state index contributed by atoms with van der Waals surface area (Å²) in [6.07, 6.45) is 1.47. The number of sulfonamides is 1. The Morgan fingerprint density at radius 1 is 1.16 bits per heavy atom. The van der Waals surface area contributed by atoms with Crippen LogP contribution in [0.4, 0.5) is 11.4 Å². The van der Waals surface area contributed by atoms with E-state index in [0.717, 1.165) is 6.07 Å². The van der Waals surface area contributed by atoms with E-state index in [0.29, 0.717) is 43.2 Å². The van der Waals surface area contributed by atoms with Gasteiger partial charge < -0.3 is 14.2 Å². The fourth-order valence-corrected chi connectivity index (χ4v) is 5.20. The third-order valence-corrected chi connectivity index (χ3v) is 7.53. The zero-order valence-electron chi connectivity index (χ0n) is 17.8. The van der Waals surface area contributed by atoms with Crippen molar-refractivity contribution in [3.8, 4) is 0 Å². The highest BCUT2D eigenvalue weighted by Crippen LogP contribution is 2.32. The lowest BCUT2D eigenvalue weighted by atomic mass is 10.2. The van der Waals surface area contributed by atoms with E-state index in [4.69, 9.17) is 4.42 Å². The molecule has 0 N–H and O–H groups in total. The van der Waals surface area contributed by atoms with Crippen molar-refractivity contribution in [1.29, 1.82) is 0 Å². The molecular weight excluding hydrogens is 424 g/mol. The Kier molecular flexibility index (Phi) is 6.65. The Morgan fingerprint density at radius 3 is 2.32 bits per heavy atom. The van der Waals surface area contributed by atoms with Crippen LogP contribution in [0.2, 0.25) is 0 Å². The van der Waals surface area contributed by atoms with Gasteiger partial charge in [-0.3, -0.25) is 14.9 Å². The number of hydrogen-bond donors (Lipinski definition) is 0. The number of piperazine rings is 1. The topological polar surface area (TPSA) is 117 Å². The number of amides is 1. The van der Waals surface area contributed by atoms with Gasteiger partial charge in [-0.2, -0.15) is 4.31 Å². The molecule has 1 aliphatic heterocycles. The van der Waals surface area contributed by atoms with Crippen molar-refractivity contribution in [3.05, 3.63) is 52.0 Å². The molecule has 0 saturated carbocycles. The number of hydrogen-bond acceptors (Lipinski definition) is 7. The summed E-state index contributed by atoms with van der Waals surface area (Å²) in [6, 6.07) is 5.63. The van der Waals surface area contributed by atoms with Crippen molar-refractivity contribution in [2.75, 3.05) is 44.2 Å². The van der Waals surface area contributed by atoms with Gasteiger partial charge in [0, 0.05) is 45.3 Å². The molecule has 1 amide bonds. The molecule has 1 aliphatic rings. The third-order valence-electron chi connectivity index (χ3n) is 5.48. The van der Waals surface area contributed by atoms with E-state index < -0.39 is 14.9 Å². The summed E-state index contributed by atoms with van der Waals surface area (Å²) in [4.78, 5) is 27.2. The maximum Gasteiger partial charge on any atom is 0.293 e.